The standard InChI is InChI=1S/C14H11N3O4S/c1-9-2-3-12(11(6-9)17(18)19)20-7-13-15-14(21-16-13)10-4-5-22-8-10/h2-6,8H,7H2,1H3. The van der Waals surface area contributed by atoms with Crippen LogP contribution in [0, 0.1) is 17.0 Å². The van der Waals surface area contributed by atoms with Crippen molar-refractivity contribution in [1.82, 2.24) is 10.1 Å². The number of nitrogens with zero attached hydrogens (tertiary/aromatic N) is 3. The van der Waals surface area contributed by atoms with Gasteiger partial charge in [0, 0.05) is 11.4 Å². The van der Waals surface area contributed by atoms with Gasteiger partial charge in [-0.25, -0.2) is 0 Å². The number of benzene rings is 1. The molecule has 0 fully saturated rings. The van der Waals surface area contributed by atoms with Crippen LogP contribution in [0.15, 0.2) is 39.5 Å². The minimum absolute atomic E-state index is 0.00244. The molecule has 0 aliphatic carbocycles. The Kier molecular flexibility index (Phi) is 3.84. The fraction of sp³-hybridized carbons (Fsp3) is 0.143. The van der Waals surface area contributed by atoms with Crippen LogP contribution in [-0.2, 0) is 6.61 Å². The van der Waals surface area contributed by atoms with Gasteiger partial charge in [-0.2, -0.15) is 16.3 Å². The fourth-order valence-corrected chi connectivity index (χ4v) is 2.48. The first-order valence-corrected chi connectivity index (χ1v) is 7.31. The summed E-state index contributed by atoms with van der Waals surface area (Å²) < 4.78 is 10.6. The molecule has 0 amide bonds. The summed E-state index contributed by atoms with van der Waals surface area (Å²) in [5, 5.41) is 18.6. The first-order valence-electron chi connectivity index (χ1n) is 6.36. The molecule has 8 heteroatoms. The second kappa shape index (κ2) is 5.94. The van der Waals surface area contributed by atoms with Crippen LogP contribution in [0.1, 0.15) is 11.4 Å². The molecule has 1 aromatic carbocycles. The van der Waals surface area contributed by atoms with Crippen LogP contribution >= 0.6 is 11.3 Å². The zero-order chi connectivity index (χ0) is 15.5. The molecule has 3 aromatic rings. The molecule has 0 unspecified atom stereocenters. The van der Waals surface area contributed by atoms with E-state index >= 15 is 0 Å². The number of aromatic nitrogens is 2. The molecule has 0 spiro atoms. The average molecular weight is 317 g/mol. The summed E-state index contributed by atoms with van der Waals surface area (Å²) >= 11 is 1.53. The predicted octanol–water partition coefficient (Wildman–Crippen LogP) is 3.59. The van der Waals surface area contributed by atoms with Gasteiger partial charge >= 0.3 is 5.69 Å². The Labute approximate surface area is 129 Å². The normalized spacial score (nSPS) is 10.6. The van der Waals surface area contributed by atoms with Crippen LogP contribution in [0.2, 0.25) is 0 Å². The number of hydrogen-bond donors (Lipinski definition) is 0. The number of nitro groups is 1. The first kappa shape index (κ1) is 14.2. The van der Waals surface area contributed by atoms with E-state index in [2.05, 4.69) is 10.1 Å². The van der Waals surface area contributed by atoms with Gasteiger partial charge < -0.3 is 9.26 Å². The van der Waals surface area contributed by atoms with Crippen LogP contribution in [0.5, 0.6) is 5.75 Å². The molecular formula is C14H11N3O4S. The third-order valence-corrected chi connectivity index (χ3v) is 3.59. The lowest BCUT2D eigenvalue weighted by Gasteiger charge is -2.04. The summed E-state index contributed by atoms with van der Waals surface area (Å²) in [6.07, 6.45) is 0. The monoisotopic (exact) mass is 317 g/mol. The topological polar surface area (TPSA) is 91.3 Å². The van der Waals surface area contributed by atoms with E-state index < -0.39 is 4.92 Å². The van der Waals surface area contributed by atoms with Gasteiger partial charge in [0.25, 0.3) is 5.89 Å². The highest BCUT2D eigenvalue weighted by atomic mass is 32.1. The zero-order valence-electron chi connectivity index (χ0n) is 11.6. The summed E-state index contributed by atoms with van der Waals surface area (Å²) in [4.78, 5) is 14.7. The van der Waals surface area contributed by atoms with Gasteiger partial charge in [0.1, 0.15) is 0 Å². The van der Waals surface area contributed by atoms with Gasteiger partial charge in [-0.05, 0) is 30.0 Å². The van der Waals surface area contributed by atoms with Gasteiger partial charge in [0.05, 0.1) is 10.5 Å². The Morgan fingerprint density at radius 1 is 1.41 bits per heavy atom. The highest BCUT2D eigenvalue weighted by Gasteiger charge is 2.16. The number of rotatable bonds is 5. The number of thiophene rings is 1. The third kappa shape index (κ3) is 2.96. The van der Waals surface area contributed by atoms with Crippen molar-refractivity contribution in [3.63, 3.8) is 0 Å². The lowest BCUT2D eigenvalue weighted by atomic mass is 10.2. The number of ether oxygens (including phenoxy) is 1. The van der Waals surface area contributed by atoms with Gasteiger partial charge in [-0.15, -0.1) is 0 Å². The summed E-state index contributed by atoms with van der Waals surface area (Å²) in [7, 11) is 0. The second-order valence-corrected chi connectivity index (χ2v) is 5.32. The van der Waals surface area contributed by atoms with E-state index in [0.717, 1.165) is 11.1 Å². The number of nitro benzene ring substituents is 1. The smallest absolute Gasteiger partial charge is 0.311 e. The van der Waals surface area contributed by atoms with E-state index in [1.54, 1.807) is 19.1 Å². The van der Waals surface area contributed by atoms with Gasteiger partial charge in [0.15, 0.2) is 12.4 Å². The average Bonchev–Trinajstić information content (AvgIpc) is 3.16. The zero-order valence-corrected chi connectivity index (χ0v) is 12.4. The van der Waals surface area contributed by atoms with Crippen molar-refractivity contribution in [3.8, 4) is 17.2 Å². The van der Waals surface area contributed by atoms with Crippen molar-refractivity contribution in [2.45, 2.75) is 13.5 Å². The van der Waals surface area contributed by atoms with E-state index in [-0.39, 0.29) is 18.0 Å². The predicted molar refractivity (Wildman–Crippen MR) is 79.8 cm³/mol. The van der Waals surface area contributed by atoms with Crippen LogP contribution in [0.25, 0.3) is 11.5 Å². The Morgan fingerprint density at radius 2 is 2.27 bits per heavy atom. The molecule has 0 radical (unpaired) electrons. The summed E-state index contributed by atoms with van der Waals surface area (Å²) in [5.74, 6) is 0.909. The minimum atomic E-state index is -0.477. The molecule has 0 aliphatic heterocycles. The molecule has 7 nitrogen and oxygen atoms in total. The number of aryl methyl sites for hydroxylation is 1. The van der Waals surface area contributed by atoms with Crippen molar-refractivity contribution in [1.29, 1.82) is 0 Å². The SMILES string of the molecule is Cc1ccc(OCc2noc(-c3ccsc3)n2)c([N+](=O)[O-])c1. The molecule has 2 heterocycles. The van der Waals surface area contributed by atoms with Gasteiger partial charge in [-0.1, -0.05) is 11.2 Å². The number of hydrogen-bond acceptors (Lipinski definition) is 7. The highest BCUT2D eigenvalue weighted by Crippen LogP contribution is 2.28. The fourth-order valence-electron chi connectivity index (χ4n) is 1.85. The van der Waals surface area contributed by atoms with Crippen molar-refractivity contribution >= 4 is 17.0 Å². The maximum Gasteiger partial charge on any atom is 0.311 e. The molecular weight excluding hydrogens is 306 g/mol. The second-order valence-electron chi connectivity index (χ2n) is 4.54. The van der Waals surface area contributed by atoms with E-state index in [9.17, 15) is 10.1 Å². The summed E-state index contributed by atoms with van der Waals surface area (Å²) in [6, 6.07) is 6.64. The third-order valence-electron chi connectivity index (χ3n) is 2.90. The van der Waals surface area contributed by atoms with Crippen molar-refractivity contribution < 1.29 is 14.2 Å². The molecule has 0 N–H and O–H groups in total. The highest BCUT2D eigenvalue weighted by molar-refractivity contribution is 7.08. The minimum Gasteiger partial charge on any atom is -0.478 e. The molecule has 0 saturated heterocycles. The summed E-state index contributed by atoms with van der Waals surface area (Å²) in [6.45, 7) is 1.78. The Bertz CT molecular complexity index is 798. The van der Waals surface area contributed by atoms with E-state index in [0.29, 0.717) is 11.7 Å². The van der Waals surface area contributed by atoms with Crippen molar-refractivity contribution in [3.05, 3.63) is 56.5 Å². The van der Waals surface area contributed by atoms with Crippen LogP contribution in [-0.4, -0.2) is 15.1 Å². The van der Waals surface area contributed by atoms with E-state index in [1.807, 2.05) is 16.8 Å². The van der Waals surface area contributed by atoms with E-state index in [1.165, 1.54) is 17.4 Å². The molecule has 0 atom stereocenters. The van der Waals surface area contributed by atoms with Gasteiger partial charge in [0.2, 0.25) is 5.82 Å². The first-order chi connectivity index (χ1) is 10.6. The maximum atomic E-state index is 11.0. The maximum absolute atomic E-state index is 11.0. The molecule has 0 aliphatic rings. The Hall–Kier alpha value is -2.74. The quantitative estimate of drug-likeness (QED) is 0.527. The molecule has 0 saturated carbocycles. The van der Waals surface area contributed by atoms with E-state index in [4.69, 9.17) is 9.26 Å². The van der Waals surface area contributed by atoms with Crippen molar-refractivity contribution in [2.75, 3.05) is 0 Å². The van der Waals surface area contributed by atoms with Crippen LogP contribution in [0.3, 0.4) is 0 Å². The van der Waals surface area contributed by atoms with Crippen LogP contribution < -0.4 is 4.74 Å². The largest absolute Gasteiger partial charge is 0.478 e. The molecule has 3 rings (SSSR count). The lowest BCUT2D eigenvalue weighted by molar-refractivity contribution is -0.386. The Morgan fingerprint density at radius 3 is 3.00 bits per heavy atom. The molecule has 0 bridgehead atoms. The molecule has 112 valence electrons. The molecule has 2 aromatic heterocycles. The summed E-state index contributed by atoms with van der Waals surface area (Å²) in [5.41, 5.74) is 1.55. The van der Waals surface area contributed by atoms with Crippen molar-refractivity contribution in [2.24, 2.45) is 0 Å². The van der Waals surface area contributed by atoms with Gasteiger partial charge in [-0.3, -0.25) is 10.1 Å². The lowest BCUT2D eigenvalue weighted by Crippen LogP contribution is -2.01. The van der Waals surface area contributed by atoms with Crippen LogP contribution in [0.4, 0.5) is 5.69 Å². The molecule has 22 heavy (non-hydrogen) atoms. The Balaban J connectivity index is 1.74.